The molecule has 0 fully saturated rings. The molecule has 0 amide bonds. The van der Waals surface area contributed by atoms with Crippen molar-refractivity contribution in [2.24, 2.45) is 0 Å². The summed E-state index contributed by atoms with van der Waals surface area (Å²) in [6.07, 6.45) is 2.60. The van der Waals surface area contributed by atoms with Crippen LogP contribution in [0.3, 0.4) is 0 Å². The third-order valence-corrected chi connectivity index (χ3v) is 3.56. The van der Waals surface area contributed by atoms with Gasteiger partial charge in [-0.25, -0.2) is 9.78 Å². The monoisotopic (exact) mass is 310 g/mol. The first-order chi connectivity index (χ1) is 11.0. The van der Waals surface area contributed by atoms with Gasteiger partial charge >= 0.3 is 5.97 Å². The molecule has 0 atom stereocenters. The first-order valence-corrected chi connectivity index (χ1v) is 7.55. The van der Waals surface area contributed by atoms with Gasteiger partial charge in [-0.05, 0) is 19.4 Å². The Morgan fingerprint density at radius 2 is 2.04 bits per heavy atom. The molecule has 0 bridgehead atoms. The van der Waals surface area contributed by atoms with Gasteiger partial charge in [-0.3, -0.25) is 0 Å². The van der Waals surface area contributed by atoms with Crippen molar-refractivity contribution in [3.63, 3.8) is 0 Å². The lowest BCUT2D eigenvalue weighted by Crippen LogP contribution is -2.11. The Morgan fingerprint density at radius 1 is 1.35 bits per heavy atom. The SMILES string of the molecule is C=CCn1c(COC(=O)C(=C)C)nc(C)c1Cc1ccccc1. The fraction of sp³-hybridized carbons (Fsp3) is 0.263. The normalized spacial score (nSPS) is 10.3. The topological polar surface area (TPSA) is 44.1 Å². The molecule has 120 valence electrons. The van der Waals surface area contributed by atoms with Gasteiger partial charge in [-0.1, -0.05) is 43.0 Å². The highest BCUT2D eigenvalue weighted by Gasteiger charge is 2.15. The second kappa shape index (κ2) is 7.58. The second-order valence-corrected chi connectivity index (χ2v) is 5.48. The lowest BCUT2D eigenvalue weighted by molar-refractivity contribution is -0.140. The predicted octanol–water partition coefficient (Wildman–Crippen LogP) is 3.59. The van der Waals surface area contributed by atoms with Gasteiger partial charge in [0.2, 0.25) is 0 Å². The highest BCUT2D eigenvalue weighted by atomic mass is 16.5. The summed E-state index contributed by atoms with van der Waals surface area (Å²) in [5, 5.41) is 0. The van der Waals surface area contributed by atoms with E-state index in [4.69, 9.17) is 4.74 Å². The number of aromatic nitrogens is 2. The Hall–Kier alpha value is -2.62. The number of carbonyl (C=O) groups excluding carboxylic acids is 1. The summed E-state index contributed by atoms with van der Waals surface area (Å²) in [4.78, 5) is 16.2. The fourth-order valence-corrected chi connectivity index (χ4v) is 2.39. The molecule has 1 aromatic carbocycles. The van der Waals surface area contributed by atoms with Crippen molar-refractivity contribution in [3.8, 4) is 0 Å². The number of nitrogens with zero attached hydrogens (tertiary/aromatic N) is 2. The van der Waals surface area contributed by atoms with Crippen molar-refractivity contribution in [2.75, 3.05) is 0 Å². The molecule has 23 heavy (non-hydrogen) atoms. The minimum atomic E-state index is -0.402. The van der Waals surface area contributed by atoms with Crippen LogP contribution in [0.15, 0.2) is 55.1 Å². The number of carbonyl (C=O) groups is 1. The third kappa shape index (κ3) is 4.19. The number of allylic oxidation sites excluding steroid dienone is 1. The maximum atomic E-state index is 11.6. The zero-order chi connectivity index (χ0) is 16.8. The summed E-state index contributed by atoms with van der Waals surface area (Å²) in [6, 6.07) is 10.2. The molecule has 0 radical (unpaired) electrons. The van der Waals surface area contributed by atoms with Crippen molar-refractivity contribution < 1.29 is 9.53 Å². The number of imidazole rings is 1. The van der Waals surface area contributed by atoms with Gasteiger partial charge in [0, 0.05) is 24.2 Å². The summed E-state index contributed by atoms with van der Waals surface area (Å²) in [6.45, 7) is 11.8. The van der Waals surface area contributed by atoms with Crippen LogP contribution in [0.5, 0.6) is 0 Å². The molecule has 0 aliphatic rings. The number of aryl methyl sites for hydroxylation is 1. The standard InChI is InChI=1S/C19H22N2O2/c1-5-11-21-17(12-16-9-7-6-8-10-16)15(4)20-18(21)13-23-19(22)14(2)3/h5-10H,1-2,11-13H2,3-4H3. The van der Waals surface area contributed by atoms with Crippen LogP contribution in [0.4, 0.5) is 0 Å². The Kier molecular flexibility index (Phi) is 5.52. The van der Waals surface area contributed by atoms with Gasteiger partial charge in [0.05, 0.1) is 5.69 Å². The molecule has 0 unspecified atom stereocenters. The van der Waals surface area contributed by atoms with Crippen LogP contribution in [0.2, 0.25) is 0 Å². The van der Waals surface area contributed by atoms with Crippen molar-refractivity contribution >= 4 is 5.97 Å². The molecule has 4 heteroatoms. The second-order valence-electron chi connectivity index (χ2n) is 5.48. The zero-order valence-electron chi connectivity index (χ0n) is 13.7. The maximum absolute atomic E-state index is 11.6. The Bertz CT molecular complexity index is 714. The van der Waals surface area contributed by atoms with E-state index in [0.717, 1.165) is 23.6 Å². The zero-order valence-corrected chi connectivity index (χ0v) is 13.7. The van der Waals surface area contributed by atoms with E-state index in [2.05, 4.69) is 34.8 Å². The largest absolute Gasteiger partial charge is 0.454 e. The van der Waals surface area contributed by atoms with Crippen LogP contribution in [0, 0.1) is 6.92 Å². The molecule has 0 spiro atoms. The Labute approximate surface area is 137 Å². The van der Waals surface area contributed by atoms with Gasteiger partial charge in [0.1, 0.15) is 12.4 Å². The van der Waals surface area contributed by atoms with Crippen molar-refractivity contribution in [2.45, 2.75) is 33.4 Å². The third-order valence-electron chi connectivity index (χ3n) is 3.56. The van der Waals surface area contributed by atoms with Crippen molar-refractivity contribution in [1.29, 1.82) is 0 Å². The fourth-order valence-electron chi connectivity index (χ4n) is 2.39. The highest BCUT2D eigenvalue weighted by molar-refractivity contribution is 5.86. The van der Waals surface area contributed by atoms with Gasteiger partial charge in [-0.15, -0.1) is 6.58 Å². The summed E-state index contributed by atoms with van der Waals surface area (Å²) < 4.78 is 7.30. The minimum absolute atomic E-state index is 0.134. The molecule has 2 aromatic rings. The minimum Gasteiger partial charge on any atom is -0.454 e. The molecular formula is C19H22N2O2. The maximum Gasteiger partial charge on any atom is 0.333 e. The van der Waals surface area contributed by atoms with E-state index < -0.39 is 5.97 Å². The molecule has 0 aliphatic carbocycles. The first kappa shape index (κ1) is 16.7. The summed E-state index contributed by atoms with van der Waals surface area (Å²) in [5.41, 5.74) is 3.65. The number of ether oxygens (including phenoxy) is 1. The van der Waals surface area contributed by atoms with Gasteiger partial charge in [0.15, 0.2) is 0 Å². The number of rotatable bonds is 7. The molecule has 0 aliphatic heterocycles. The average molecular weight is 310 g/mol. The van der Waals surface area contributed by atoms with E-state index in [-0.39, 0.29) is 6.61 Å². The van der Waals surface area contributed by atoms with E-state index >= 15 is 0 Å². The number of esters is 1. The molecule has 2 rings (SSSR count). The van der Waals surface area contributed by atoms with Gasteiger partial charge in [-0.2, -0.15) is 0 Å². The molecule has 0 saturated heterocycles. The molecule has 1 aromatic heterocycles. The average Bonchev–Trinajstić information content (AvgIpc) is 2.82. The molecule has 4 nitrogen and oxygen atoms in total. The van der Waals surface area contributed by atoms with Crippen LogP contribution in [-0.4, -0.2) is 15.5 Å². The lowest BCUT2D eigenvalue weighted by atomic mass is 10.1. The van der Waals surface area contributed by atoms with Crippen molar-refractivity contribution in [3.05, 3.63) is 77.9 Å². The van der Waals surface area contributed by atoms with E-state index in [9.17, 15) is 4.79 Å². The Balaban J connectivity index is 2.26. The van der Waals surface area contributed by atoms with Crippen LogP contribution < -0.4 is 0 Å². The molecule has 0 saturated carbocycles. The number of hydrogen-bond acceptors (Lipinski definition) is 3. The highest BCUT2D eigenvalue weighted by Crippen LogP contribution is 2.17. The quantitative estimate of drug-likeness (QED) is 0.446. The van der Waals surface area contributed by atoms with E-state index in [1.165, 1.54) is 5.56 Å². The molecule has 1 heterocycles. The van der Waals surface area contributed by atoms with Crippen LogP contribution in [0.25, 0.3) is 0 Å². The summed E-state index contributed by atoms with van der Waals surface area (Å²) in [7, 11) is 0. The van der Waals surface area contributed by atoms with Crippen molar-refractivity contribution in [1.82, 2.24) is 9.55 Å². The molecule has 0 N–H and O–H groups in total. The van der Waals surface area contributed by atoms with E-state index in [0.29, 0.717) is 12.1 Å². The Morgan fingerprint density at radius 3 is 2.65 bits per heavy atom. The number of hydrogen-bond donors (Lipinski definition) is 0. The van der Waals surface area contributed by atoms with Crippen LogP contribution in [-0.2, 0) is 29.1 Å². The van der Waals surface area contributed by atoms with E-state index in [1.54, 1.807) is 6.92 Å². The van der Waals surface area contributed by atoms with Gasteiger partial charge in [0.25, 0.3) is 0 Å². The predicted molar refractivity (Wildman–Crippen MR) is 91.0 cm³/mol. The van der Waals surface area contributed by atoms with Crippen LogP contribution in [0.1, 0.15) is 29.7 Å². The molecular weight excluding hydrogens is 288 g/mol. The summed E-state index contributed by atoms with van der Waals surface area (Å²) >= 11 is 0. The smallest absolute Gasteiger partial charge is 0.333 e. The first-order valence-electron chi connectivity index (χ1n) is 7.55. The lowest BCUT2D eigenvalue weighted by Gasteiger charge is -2.11. The van der Waals surface area contributed by atoms with E-state index in [1.807, 2.05) is 31.2 Å². The van der Waals surface area contributed by atoms with Gasteiger partial charge < -0.3 is 9.30 Å². The van der Waals surface area contributed by atoms with Crippen LogP contribution >= 0.6 is 0 Å². The number of benzene rings is 1. The summed E-state index contributed by atoms with van der Waals surface area (Å²) in [5.74, 6) is 0.323.